The lowest BCUT2D eigenvalue weighted by molar-refractivity contribution is -0.122. The fraction of sp³-hybridized carbons (Fsp3) is 0.562. The van der Waals surface area contributed by atoms with Gasteiger partial charge in [0.25, 0.3) is 5.91 Å². The number of carbonyl (C=O) groups is 2. The molecule has 1 unspecified atom stereocenters. The number of fused-ring (bicyclic) bond motifs is 1. The van der Waals surface area contributed by atoms with Gasteiger partial charge in [0.15, 0.2) is 0 Å². The van der Waals surface area contributed by atoms with Crippen LogP contribution in [0.1, 0.15) is 22.3 Å². The number of thiophene rings is 1. The van der Waals surface area contributed by atoms with Crippen molar-refractivity contribution in [3.63, 3.8) is 0 Å². The van der Waals surface area contributed by atoms with Gasteiger partial charge in [-0.3, -0.25) is 14.3 Å². The highest BCUT2D eigenvalue weighted by molar-refractivity contribution is 7.20. The Kier molecular flexibility index (Phi) is 6.91. The number of aromatic nitrogens is 2. The minimum Gasteiger partial charge on any atom is -0.383 e. The summed E-state index contributed by atoms with van der Waals surface area (Å²) in [5.41, 5.74) is 0.888. The topological polar surface area (TPSA) is 97.3 Å². The van der Waals surface area contributed by atoms with Gasteiger partial charge in [-0.15, -0.1) is 11.3 Å². The number of rotatable bonds is 9. The number of methoxy groups -OCH3 is 1. The van der Waals surface area contributed by atoms with Crippen LogP contribution in [-0.4, -0.2) is 61.0 Å². The second-order valence-electron chi connectivity index (χ2n) is 5.77. The zero-order valence-corrected chi connectivity index (χ0v) is 15.8. The summed E-state index contributed by atoms with van der Waals surface area (Å²) in [6, 6.07) is 1.22. The van der Waals surface area contributed by atoms with Crippen LogP contribution in [0.3, 0.4) is 0 Å². The highest BCUT2D eigenvalue weighted by Gasteiger charge is 2.19. The zero-order valence-electron chi connectivity index (χ0n) is 15.0. The van der Waals surface area contributed by atoms with Crippen LogP contribution in [0.4, 0.5) is 0 Å². The molecule has 0 aromatic carbocycles. The number of amides is 2. The Morgan fingerprint density at radius 2 is 2.12 bits per heavy atom. The van der Waals surface area contributed by atoms with Crippen molar-refractivity contribution in [2.75, 3.05) is 33.4 Å². The van der Waals surface area contributed by atoms with Gasteiger partial charge < -0.3 is 20.7 Å². The predicted octanol–water partition coefficient (Wildman–Crippen LogP) is 0.414. The molecule has 0 spiro atoms. The quantitative estimate of drug-likeness (QED) is 0.558. The standard InChI is InChI=1S/C16H25N5O3S/c1-10-12-9-13(25-16(12)21(3)20-10)15(23)19-11(2)14(22)18-6-5-17-7-8-24-4/h9,11,17H,5-8H2,1-4H3,(H,18,22)(H,19,23). The van der Waals surface area contributed by atoms with E-state index in [2.05, 4.69) is 21.0 Å². The molecule has 2 aromatic heterocycles. The van der Waals surface area contributed by atoms with Gasteiger partial charge in [-0.05, 0) is 19.9 Å². The van der Waals surface area contributed by atoms with E-state index >= 15 is 0 Å². The van der Waals surface area contributed by atoms with Crippen molar-refractivity contribution in [1.82, 2.24) is 25.7 Å². The lowest BCUT2D eigenvalue weighted by atomic mass is 10.2. The molecular formula is C16H25N5O3S. The first-order valence-electron chi connectivity index (χ1n) is 8.15. The Morgan fingerprint density at radius 1 is 1.36 bits per heavy atom. The average Bonchev–Trinajstić information content (AvgIpc) is 3.12. The van der Waals surface area contributed by atoms with Gasteiger partial charge in [0.1, 0.15) is 10.9 Å². The zero-order chi connectivity index (χ0) is 18.4. The first kappa shape index (κ1) is 19.4. The van der Waals surface area contributed by atoms with Crippen LogP contribution in [0.15, 0.2) is 6.07 Å². The lowest BCUT2D eigenvalue weighted by Crippen LogP contribution is -2.46. The first-order chi connectivity index (χ1) is 11.9. The number of hydrogen-bond acceptors (Lipinski definition) is 6. The monoisotopic (exact) mass is 367 g/mol. The summed E-state index contributed by atoms with van der Waals surface area (Å²) < 4.78 is 6.69. The third-order valence-electron chi connectivity index (χ3n) is 3.74. The van der Waals surface area contributed by atoms with Crippen molar-refractivity contribution in [3.05, 3.63) is 16.6 Å². The van der Waals surface area contributed by atoms with Crippen molar-refractivity contribution < 1.29 is 14.3 Å². The van der Waals surface area contributed by atoms with Crippen LogP contribution >= 0.6 is 11.3 Å². The van der Waals surface area contributed by atoms with Crippen molar-refractivity contribution >= 4 is 33.4 Å². The summed E-state index contributed by atoms with van der Waals surface area (Å²) in [5.74, 6) is -0.456. The fourth-order valence-corrected chi connectivity index (χ4v) is 3.40. The predicted molar refractivity (Wildman–Crippen MR) is 98.0 cm³/mol. The minimum absolute atomic E-state index is 0.208. The average molecular weight is 367 g/mol. The van der Waals surface area contributed by atoms with Crippen molar-refractivity contribution in [1.29, 1.82) is 0 Å². The normalized spacial score (nSPS) is 12.3. The molecule has 0 aliphatic heterocycles. The molecular weight excluding hydrogens is 342 g/mol. The smallest absolute Gasteiger partial charge is 0.262 e. The summed E-state index contributed by atoms with van der Waals surface area (Å²) in [6.07, 6.45) is 0. The summed E-state index contributed by atoms with van der Waals surface area (Å²) in [5, 5.41) is 13.9. The van der Waals surface area contributed by atoms with Crippen LogP contribution < -0.4 is 16.0 Å². The molecule has 0 radical (unpaired) electrons. The van der Waals surface area contributed by atoms with E-state index in [1.54, 1.807) is 18.7 Å². The van der Waals surface area contributed by atoms with Gasteiger partial charge in [0.2, 0.25) is 5.91 Å². The van der Waals surface area contributed by atoms with Crippen LogP contribution in [-0.2, 0) is 16.6 Å². The molecule has 0 aliphatic carbocycles. The van der Waals surface area contributed by atoms with Crippen molar-refractivity contribution in [2.45, 2.75) is 19.9 Å². The molecule has 25 heavy (non-hydrogen) atoms. The Hall–Kier alpha value is -1.97. The van der Waals surface area contributed by atoms with E-state index < -0.39 is 6.04 Å². The molecule has 2 aromatic rings. The molecule has 3 N–H and O–H groups in total. The minimum atomic E-state index is -0.601. The number of aryl methyl sites for hydroxylation is 2. The van der Waals surface area contributed by atoms with Crippen LogP contribution in [0.2, 0.25) is 0 Å². The molecule has 138 valence electrons. The molecule has 2 amide bonds. The Bertz CT molecular complexity index is 705. The van der Waals surface area contributed by atoms with E-state index in [4.69, 9.17) is 4.74 Å². The van der Waals surface area contributed by atoms with E-state index in [1.807, 2.05) is 20.0 Å². The Labute approximate surface area is 150 Å². The van der Waals surface area contributed by atoms with Crippen molar-refractivity contribution in [3.8, 4) is 0 Å². The van der Waals surface area contributed by atoms with Crippen LogP contribution in [0, 0.1) is 6.92 Å². The van der Waals surface area contributed by atoms with E-state index in [0.717, 1.165) is 22.5 Å². The molecule has 0 aliphatic rings. The van der Waals surface area contributed by atoms with Gasteiger partial charge in [0.05, 0.1) is 17.2 Å². The van der Waals surface area contributed by atoms with E-state index in [1.165, 1.54) is 11.3 Å². The summed E-state index contributed by atoms with van der Waals surface area (Å²) in [4.78, 5) is 25.9. The Balaban J connectivity index is 1.82. The highest BCUT2D eigenvalue weighted by atomic mass is 32.1. The molecule has 2 rings (SSSR count). The third kappa shape index (κ3) is 5.00. The summed E-state index contributed by atoms with van der Waals surface area (Å²) >= 11 is 1.37. The lowest BCUT2D eigenvalue weighted by Gasteiger charge is -2.13. The molecule has 8 nitrogen and oxygen atoms in total. The number of nitrogens with zero attached hydrogens (tertiary/aromatic N) is 2. The number of ether oxygens (including phenoxy) is 1. The molecule has 1 atom stereocenters. The Morgan fingerprint density at radius 3 is 2.80 bits per heavy atom. The largest absolute Gasteiger partial charge is 0.383 e. The van der Waals surface area contributed by atoms with E-state index in [-0.39, 0.29) is 11.8 Å². The number of hydrogen-bond donors (Lipinski definition) is 3. The molecule has 2 heterocycles. The van der Waals surface area contributed by atoms with E-state index in [0.29, 0.717) is 24.6 Å². The summed E-state index contributed by atoms with van der Waals surface area (Å²) in [7, 11) is 3.49. The molecule has 0 saturated heterocycles. The van der Waals surface area contributed by atoms with Gasteiger partial charge in [-0.1, -0.05) is 0 Å². The maximum absolute atomic E-state index is 12.4. The van der Waals surface area contributed by atoms with Gasteiger partial charge in [-0.25, -0.2) is 0 Å². The summed E-state index contributed by atoms with van der Waals surface area (Å²) in [6.45, 7) is 6.09. The van der Waals surface area contributed by atoms with Crippen LogP contribution in [0.5, 0.6) is 0 Å². The van der Waals surface area contributed by atoms with E-state index in [9.17, 15) is 9.59 Å². The second-order valence-corrected chi connectivity index (χ2v) is 6.80. The SMILES string of the molecule is COCCNCCNC(=O)C(C)NC(=O)c1cc2c(C)nn(C)c2s1. The maximum Gasteiger partial charge on any atom is 0.262 e. The van der Waals surface area contributed by atoms with Crippen LogP contribution in [0.25, 0.3) is 10.2 Å². The van der Waals surface area contributed by atoms with Gasteiger partial charge in [-0.2, -0.15) is 5.10 Å². The number of carbonyl (C=O) groups excluding carboxylic acids is 2. The number of nitrogens with one attached hydrogen (secondary N) is 3. The molecule has 9 heteroatoms. The highest BCUT2D eigenvalue weighted by Crippen LogP contribution is 2.27. The fourth-order valence-electron chi connectivity index (χ4n) is 2.38. The third-order valence-corrected chi connectivity index (χ3v) is 4.95. The first-order valence-corrected chi connectivity index (χ1v) is 8.97. The van der Waals surface area contributed by atoms with Crippen molar-refractivity contribution in [2.24, 2.45) is 7.05 Å². The second kappa shape index (κ2) is 8.93. The van der Waals surface area contributed by atoms with Gasteiger partial charge in [0, 0.05) is 39.2 Å². The molecule has 0 saturated carbocycles. The molecule has 0 fully saturated rings. The maximum atomic E-state index is 12.4. The van der Waals surface area contributed by atoms with Gasteiger partial charge >= 0.3 is 0 Å². The molecule has 0 bridgehead atoms.